The number of nitrogens with zero attached hydrogens (tertiary/aromatic N) is 1. The van der Waals surface area contributed by atoms with Crippen LogP contribution in [-0.2, 0) is 0 Å². The zero-order valence-electron chi connectivity index (χ0n) is 12.7. The Balaban J connectivity index is 1.65. The van der Waals surface area contributed by atoms with Crippen LogP contribution < -0.4 is 4.74 Å². The highest BCUT2D eigenvalue weighted by molar-refractivity contribution is 6.23. The van der Waals surface area contributed by atoms with Gasteiger partial charge in [0.1, 0.15) is 12.4 Å². The van der Waals surface area contributed by atoms with E-state index in [2.05, 4.69) is 11.9 Å². The van der Waals surface area contributed by atoms with E-state index < -0.39 is 0 Å². The molecule has 1 saturated heterocycles. The first-order chi connectivity index (χ1) is 10.8. The average molecular weight is 293 g/mol. The van der Waals surface area contributed by atoms with Crippen LogP contribution in [0, 0.1) is 0 Å². The highest BCUT2D eigenvalue weighted by Crippen LogP contribution is 2.41. The SMILES string of the molecule is CN1CCC[C@@H]1COc1cccc2c1C(=O)c1ccccc1-2. The number of fused-ring (bicyclic) bond motifs is 3. The predicted molar refractivity (Wildman–Crippen MR) is 86.5 cm³/mol. The van der Waals surface area contributed by atoms with Gasteiger partial charge in [0.25, 0.3) is 0 Å². The van der Waals surface area contributed by atoms with Gasteiger partial charge in [-0.05, 0) is 43.6 Å². The summed E-state index contributed by atoms with van der Waals surface area (Å²) in [5, 5.41) is 0. The Morgan fingerprint density at radius 1 is 1.09 bits per heavy atom. The molecule has 3 heteroatoms. The van der Waals surface area contributed by atoms with Gasteiger partial charge < -0.3 is 9.64 Å². The number of hydrogen-bond donors (Lipinski definition) is 0. The Morgan fingerprint density at radius 3 is 2.64 bits per heavy atom. The molecule has 4 rings (SSSR count). The van der Waals surface area contributed by atoms with Gasteiger partial charge in [-0.3, -0.25) is 4.79 Å². The molecule has 2 aromatic rings. The molecule has 2 aliphatic rings. The van der Waals surface area contributed by atoms with E-state index >= 15 is 0 Å². The number of benzene rings is 2. The second-order valence-corrected chi connectivity index (χ2v) is 6.14. The maximum absolute atomic E-state index is 12.7. The molecule has 0 unspecified atom stereocenters. The molecule has 1 heterocycles. The van der Waals surface area contributed by atoms with Crippen LogP contribution in [0.2, 0.25) is 0 Å². The highest BCUT2D eigenvalue weighted by atomic mass is 16.5. The van der Waals surface area contributed by atoms with Gasteiger partial charge in [-0.2, -0.15) is 0 Å². The van der Waals surface area contributed by atoms with Gasteiger partial charge in [-0.25, -0.2) is 0 Å². The predicted octanol–water partition coefficient (Wildman–Crippen LogP) is 3.37. The van der Waals surface area contributed by atoms with Crippen molar-refractivity contribution in [1.29, 1.82) is 0 Å². The van der Waals surface area contributed by atoms with Crippen LogP contribution >= 0.6 is 0 Å². The summed E-state index contributed by atoms with van der Waals surface area (Å²) in [6.07, 6.45) is 2.39. The molecule has 22 heavy (non-hydrogen) atoms. The molecule has 0 saturated carbocycles. The number of likely N-dealkylation sites (N-methyl/N-ethyl adjacent to an activating group) is 1. The summed E-state index contributed by atoms with van der Waals surface area (Å²) in [4.78, 5) is 15.0. The zero-order valence-corrected chi connectivity index (χ0v) is 12.7. The van der Waals surface area contributed by atoms with Crippen LogP contribution in [0.3, 0.4) is 0 Å². The van der Waals surface area contributed by atoms with Crippen molar-refractivity contribution in [2.45, 2.75) is 18.9 Å². The molecular weight excluding hydrogens is 274 g/mol. The third-order valence-electron chi connectivity index (χ3n) is 4.82. The minimum Gasteiger partial charge on any atom is -0.491 e. The summed E-state index contributed by atoms with van der Waals surface area (Å²) in [6, 6.07) is 14.1. The molecule has 0 N–H and O–H groups in total. The Morgan fingerprint density at radius 2 is 1.86 bits per heavy atom. The fraction of sp³-hybridized carbons (Fsp3) is 0.316. The van der Waals surface area contributed by atoms with Crippen LogP contribution in [0.4, 0.5) is 0 Å². The van der Waals surface area contributed by atoms with Crippen LogP contribution in [0.25, 0.3) is 11.1 Å². The molecule has 112 valence electrons. The van der Waals surface area contributed by atoms with E-state index in [0.717, 1.165) is 34.5 Å². The summed E-state index contributed by atoms with van der Waals surface area (Å²) in [6.45, 7) is 1.78. The van der Waals surface area contributed by atoms with Crippen molar-refractivity contribution in [3.63, 3.8) is 0 Å². The van der Waals surface area contributed by atoms with Crippen molar-refractivity contribution in [2.75, 3.05) is 20.2 Å². The minimum absolute atomic E-state index is 0.0842. The quantitative estimate of drug-likeness (QED) is 0.741. The summed E-state index contributed by atoms with van der Waals surface area (Å²) in [5.74, 6) is 0.806. The maximum Gasteiger partial charge on any atom is 0.198 e. The van der Waals surface area contributed by atoms with E-state index in [4.69, 9.17) is 4.74 Å². The van der Waals surface area contributed by atoms with E-state index in [1.807, 2.05) is 42.5 Å². The van der Waals surface area contributed by atoms with Gasteiger partial charge in [-0.15, -0.1) is 0 Å². The van der Waals surface area contributed by atoms with E-state index in [0.29, 0.717) is 12.6 Å². The lowest BCUT2D eigenvalue weighted by atomic mass is 10.1. The van der Waals surface area contributed by atoms with Gasteiger partial charge in [-0.1, -0.05) is 36.4 Å². The van der Waals surface area contributed by atoms with Crippen LogP contribution in [-0.4, -0.2) is 36.9 Å². The van der Waals surface area contributed by atoms with Gasteiger partial charge >= 0.3 is 0 Å². The normalized spacial score (nSPS) is 20.0. The Hall–Kier alpha value is -2.13. The van der Waals surface area contributed by atoms with Crippen molar-refractivity contribution in [3.8, 4) is 16.9 Å². The number of rotatable bonds is 3. The van der Waals surface area contributed by atoms with Crippen LogP contribution in [0.15, 0.2) is 42.5 Å². The Kier molecular flexibility index (Phi) is 3.23. The Labute approximate surface area is 130 Å². The lowest BCUT2D eigenvalue weighted by Gasteiger charge is -2.20. The number of likely N-dealkylation sites (tertiary alicyclic amines) is 1. The number of ketones is 1. The molecular formula is C19H19NO2. The van der Waals surface area contributed by atoms with Gasteiger partial charge in [0.2, 0.25) is 0 Å². The number of carbonyl (C=O) groups is 1. The molecule has 2 aromatic carbocycles. The lowest BCUT2D eigenvalue weighted by Crippen LogP contribution is -2.30. The molecule has 1 aliphatic carbocycles. The minimum atomic E-state index is 0.0842. The smallest absolute Gasteiger partial charge is 0.198 e. The van der Waals surface area contributed by atoms with Crippen LogP contribution in [0.1, 0.15) is 28.8 Å². The standard InChI is InChI=1S/C19H19NO2/c1-20-11-5-6-13(20)12-22-17-10-4-9-15-14-7-2-3-8-16(14)19(21)18(15)17/h2-4,7-10,13H,5-6,11-12H2,1H3/t13-/m1/s1. The fourth-order valence-electron chi connectivity index (χ4n) is 3.54. The summed E-state index contributed by atoms with van der Waals surface area (Å²) < 4.78 is 6.04. The van der Waals surface area contributed by atoms with Crippen molar-refractivity contribution < 1.29 is 9.53 Å². The lowest BCUT2D eigenvalue weighted by molar-refractivity contribution is 0.103. The number of hydrogen-bond acceptors (Lipinski definition) is 3. The van der Waals surface area contributed by atoms with E-state index in [1.54, 1.807) is 0 Å². The maximum atomic E-state index is 12.7. The summed E-state index contributed by atoms with van der Waals surface area (Å²) in [5.41, 5.74) is 3.53. The van der Waals surface area contributed by atoms with Crippen molar-refractivity contribution in [3.05, 3.63) is 53.6 Å². The first-order valence-electron chi connectivity index (χ1n) is 7.86. The first-order valence-corrected chi connectivity index (χ1v) is 7.86. The second-order valence-electron chi connectivity index (χ2n) is 6.14. The third-order valence-corrected chi connectivity index (χ3v) is 4.82. The second kappa shape index (κ2) is 5.25. The highest BCUT2D eigenvalue weighted by Gasteiger charge is 2.30. The van der Waals surface area contributed by atoms with E-state index in [-0.39, 0.29) is 5.78 Å². The molecule has 0 spiro atoms. The van der Waals surface area contributed by atoms with Gasteiger partial charge in [0, 0.05) is 11.6 Å². The van der Waals surface area contributed by atoms with E-state index in [9.17, 15) is 4.79 Å². The summed E-state index contributed by atoms with van der Waals surface area (Å²) >= 11 is 0. The van der Waals surface area contributed by atoms with Crippen molar-refractivity contribution in [1.82, 2.24) is 4.90 Å². The molecule has 1 fully saturated rings. The molecule has 0 aromatic heterocycles. The topological polar surface area (TPSA) is 29.5 Å². The monoisotopic (exact) mass is 293 g/mol. The van der Waals surface area contributed by atoms with Crippen molar-refractivity contribution in [2.24, 2.45) is 0 Å². The molecule has 0 amide bonds. The first kappa shape index (κ1) is 13.5. The van der Waals surface area contributed by atoms with E-state index in [1.165, 1.54) is 12.8 Å². The largest absolute Gasteiger partial charge is 0.491 e. The average Bonchev–Trinajstić information content (AvgIpc) is 3.09. The number of carbonyl (C=O) groups excluding carboxylic acids is 1. The third kappa shape index (κ3) is 2.04. The summed E-state index contributed by atoms with van der Waals surface area (Å²) in [7, 11) is 2.14. The molecule has 3 nitrogen and oxygen atoms in total. The van der Waals surface area contributed by atoms with Crippen molar-refractivity contribution >= 4 is 5.78 Å². The zero-order chi connectivity index (χ0) is 15.1. The van der Waals surface area contributed by atoms with Gasteiger partial charge in [0.05, 0.1) is 5.56 Å². The molecule has 1 atom stereocenters. The van der Waals surface area contributed by atoms with Crippen LogP contribution in [0.5, 0.6) is 5.75 Å². The van der Waals surface area contributed by atoms with Gasteiger partial charge in [0.15, 0.2) is 5.78 Å². The number of ether oxygens (including phenoxy) is 1. The molecule has 1 aliphatic heterocycles. The molecule has 0 radical (unpaired) electrons. The Bertz CT molecular complexity index is 738. The molecule has 0 bridgehead atoms. The fourth-order valence-corrected chi connectivity index (χ4v) is 3.54.